The number of aliphatic hydroxyl groups excluding tert-OH is 2. The molecule has 0 fully saturated rings. The maximum Gasteiger partial charge on any atom is 0.216 e. The lowest BCUT2D eigenvalue weighted by molar-refractivity contribution is 0.0523. The highest BCUT2D eigenvalue weighted by atomic mass is 32.1. The molecule has 0 saturated carbocycles. The molecule has 9 heavy (non-hydrogen) atoms. The first-order chi connectivity index (χ1) is 4.16. The van der Waals surface area contributed by atoms with Gasteiger partial charge >= 0.3 is 0 Å². The van der Waals surface area contributed by atoms with Crippen LogP contribution in [0.4, 0.5) is 0 Å². The Labute approximate surface area is 64.0 Å². The van der Waals surface area contributed by atoms with E-state index in [4.69, 9.17) is 10.2 Å². The second-order valence-corrected chi connectivity index (χ2v) is 2.49. The van der Waals surface area contributed by atoms with Crippen LogP contribution in [-0.4, -0.2) is 33.9 Å². The fraction of sp³-hybridized carbons (Fsp3) is 0.750. The molecule has 0 aliphatic carbocycles. The van der Waals surface area contributed by atoms with Gasteiger partial charge in [-0.1, -0.05) is 12.6 Å². The number of thiol groups is 1. The second-order valence-electron chi connectivity index (χ2n) is 1.41. The lowest BCUT2D eigenvalue weighted by Crippen LogP contribution is -2.19. The van der Waals surface area contributed by atoms with Crippen molar-refractivity contribution in [3.8, 4) is 0 Å². The van der Waals surface area contributed by atoms with Gasteiger partial charge in [0.15, 0.2) is 0 Å². The minimum atomic E-state index is -0.866. The Hall–Kier alpha value is 0.160. The summed E-state index contributed by atoms with van der Waals surface area (Å²) >= 11 is 8.04. The highest BCUT2D eigenvalue weighted by Gasteiger charge is 2.01. The highest BCUT2D eigenvalue weighted by Crippen LogP contribution is 1.89. The lowest BCUT2D eigenvalue weighted by atomic mass is 10.4. The molecular formula is C4H8O3S2. The number of rotatable bonds is 3. The average molecular weight is 168 g/mol. The maximum atomic E-state index is 8.64. The summed E-state index contributed by atoms with van der Waals surface area (Å²) in [7, 11) is 0. The second kappa shape index (κ2) is 4.99. The van der Waals surface area contributed by atoms with E-state index in [0.717, 1.165) is 0 Å². The first kappa shape index (κ1) is 9.16. The molecular weight excluding hydrogens is 160 g/mol. The van der Waals surface area contributed by atoms with Crippen molar-refractivity contribution in [3.05, 3.63) is 0 Å². The first-order valence-corrected chi connectivity index (χ1v) is 3.17. The molecule has 0 aromatic rings. The predicted octanol–water partition coefficient (Wildman–Crippen LogP) is -0.429. The zero-order valence-corrected chi connectivity index (χ0v) is 6.36. The van der Waals surface area contributed by atoms with E-state index in [9.17, 15) is 0 Å². The molecule has 0 rings (SSSR count). The molecule has 0 radical (unpaired) electrons. The molecule has 0 heterocycles. The Balaban J connectivity index is 3.16. The molecule has 1 unspecified atom stereocenters. The summed E-state index contributed by atoms with van der Waals surface area (Å²) in [5.74, 6) is 0. The summed E-state index contributed by atoms with van der Waals surface area (Å²) in [6, 6.07) is 0. The number of ether oxygens (including phenoxy) is 1. The Morgan fingerprint density at radius 3 is 2.67 bits per heavy atom. The van der Waals surface area contributed by atoms with Crippen LogP contribution in [0.15, 0.2) is 0 Å². The SMILES string of the molecule is OCC(O)COC(=S)S. The zero-order chi connectivity index (χ0) is 7.28. The van der Waals surface area contributed by atoms with Crippen LogP contribution in [-0.2, 0) is 4.74 Å². The fourth-order valence-corrected chi connectivity index (χ4v) is 0.363. The number of thiocarbonyl (C=S) groups is 1. The van der Waals surface area contributed by atoms with Gasteiger partial charge < -0.3 is 14.9 Å². The van der Waals surface area contributed by atoms with Crippen molar-refractivity contribution < 1.29 is 14.9 Å². The minimum absolute atomic E-state index is 0.00116. The van der Waals surface area contributed by atoms with Crippen molar-refractivity contribution in [1.29, 1.82) is 0 Å². The van der Waals surface area contributed by atoms with Crippen LogP contribution in [0.2, 0.25) is 0 Å². The van der Waals surface area contributed by atoms with Crippen molar-refractivity contribution in [2.45, 2.75) is 6.10 Å². The third-order valence-corrected chi connectivity index (χ3v) is 0.857. The quantitative estimate of drug-likeness (QED) is 0.395. The van der Waals surface area contributed by atoms with Gasteiger partial charge in [-0.2, -0.15) is 0 Å². The summed E-state index contributed by atoms with van der Waals surface area (Å²) in [6.45, 7) is -0.324. The zero-order valence-electron chi connectivity index (χ0n) is 4.65. The molecule has 2 N–H and O–H groups in total. The van der Waals surface area contributed by atoms with Gasteiger partial charge in [0.2, 0.25) is 4.38 Å². The Kier molecular flexibility index (Phi) is 5.07. The van der Waals surface area contributed by atoms with E-state index in [2.05, 4.69) is 29.6 Å². The third-order valence-electron chi connectivity index (χ3n) is 0.610. The van der Waals surface area contributed by atoms with E-state index in [1.54, 1.807) is 0 Å². The number of hydrogen-bond donors (Lipinski definition) is 3. The van der Waals surface area contributed by atoms with Gasteiger partial charge in [0.25, 0.3) is 0 Å². The van der Waals surface area contributed by atoms with Gasteiger partial charge in [0.1, 0.15) is 12.7 Å². The molecule has 1 atom stereocenters. The van der Waals surface area contributed by atoms with Crippen molar-refractivity contribution in [2.75, 3.05) is 13.2 Å². The topological polar surface area (TPSA) is 49.7 Å². The summed E-state index contributed by atoms with van der Waals surface area (Å²) in [6.07, 6.45) is -0.866. The van der Waals surface area contributed by atoms with Crippen LogP contribution in [0.5, 0.6) is 0 Å². The standard InChI is InChI=1S/C4H8O3S2/c5-1-3(6)2-7-4(8)9/h3,5-6H,1-2H2,(H,8,9). The molecule has 0 spiro atoms. The molecule has 3 nitrogen and oxygen atoms in total. The molecule has 54 valence electrons. The van der Waals surface area contributed by atoms with Gasteiger partial charge in [0, 0.05) is 0 Å². The Morgan fingerprint density at radius 1 is 1.78 bits per heavy atom. The summed E-state index contributed by atoms with van der Waals surface area (Å²) in [4.78, 5) is 0. The normalized spacial score (nSPS) is 12.8. The fourth-order valence-electron chi connectivity index (χ4n) is 0.220. The highest BCUT2D eigenvalue weighted by molar-refractivity contribution is 8.10. The molecule has 0 saturated heterocycles. The van der Waals surface area contributed by atoms with E-state index in [1.165, 1.54) is 0 Å². The van der Waals surface area contributed by atoms with Gasteiger partial charge in [-0.05, 0) is 12.2 Å². The minimum Gasteiger partial charge on any atom is -0.476 e. The van der Waals surface area contributed by atoms with Crippen molar-refractivity contribution in [1.82, 2.24) is 0 Å². The predicted molar refractivity (Wildman–Crippen MR) is 40.6 cm³/mol. The lowest BCUT2D eigenvalue weighted by Gasteiger charge is -2.06. The summed E-state index contributed by atoms with van der Waals surface area (Å²) in [5.41, 5.74) is 0. The summed E-state index contributed by atoms with van der Waals surface area (Å²) < 4.78 is 4.65. The number of aliphatic hydroxyl groups is 2. The van der Waals surface area contributed by atoms with Crippen molar-refractivity contribution in [3.63, 3.8) is 0 Å². The van der Waals surface area contributed by atoms with Crippen LogP contribution in [0.3, 0.4) is 0 Å². The van der Waals surface area contributed by atoms with Gasteiger partial charge in [-0.25, -0.2) is 0 Å². The van der Waals surface area contributed by atoms with Gasteiger partial charge in [0.05, 0.1) is 6.61 Å². The van der Waals surface area contributed by atoms with E-state index in [1.807, 2.05) is 0 Å². The largest absolute Gasteiger partial charge is 0.476 e. The Bertz CT molecular complexity index is 95.8. The van der Waals surface area contributed by atoms with Crippen LogP contribution < -0.4 is 0 Å². The van der Waals surface area contributed by atoms with Crippen LogP contribution >= 0.6 is 24.8 Å². The maximum absolute atomic E-state index is 8.64. The molecule has 0 aromatic heterocycles. The van der Waals surface area contributed by atoms with E-state index in [-0.39, 0.29) is 17.6 Å². The molecule has 0 aliphatic heterocycles. The number of hydrogen-bond acceptors (Lipinski definition) is 4. The monoisotopic (exact) mass is 168 g/mol. The Morgan fingerprint density at radius 2 is 2.33 bits per heavy atom. The summed E-state index contributed by atoms with van der Waals surface area (Å²) in [5, 5.41) is 16.9. The smallest absolute Gasteiger partial charge is 0.216 e. The van der Waals surface area contributed by atoms with Crippen molar-refractivity contribution in [2.24, 2.45) is 0 Å². The molecule has 0 bridgehead atoms. The van der Waals surface area contributed by atoms with Crippen LogP contribution in [0.1, 0.15) is 0 Å². The molecule has 0 aliphatic rings. The molecule has 0 amide bonds. The van der Waals surface area contributed by atoms with E-state index >= 15 is 0 Å². The van der Waals surface area contributed by atoms with Gasteiger partial charge in [-0.3, -0.25) is 0 Å². The molecule has 0 aromatic carbocycles. The average Bonchev–Trinajstić information content (AvgIpc) is 1.83. The first-order valence-electron chi connectivity index (χ1n) is 2.31. The van der Waals surface area contributed by atoms with Crippen LogP contribution in [0, 0.1) is 0 Å². The van der Waals surface area contributed by atoms with E-state index in [0.29, 0.717) is 0 Å². The van der Waals surface area contributed by atoms with E-state index < -0.39 is 6.10 Å². The van der Waals surface area contributed by atoms with Gasteiger partial charge in [-0.15, -0.1) is 0 Å². The van der Waals surface area contributed by atoms with Crippen LogP contribution in [0.25, 0.3) is 0 Å². The van der Waals surface area contributed by atoms with Crippen molar-refractivity contribution >= 4 is 29.2 Å². The molecule has 5 heteroatoms. The third kappa shape index (κ3) is 6.04.